The standard InChI is InChI=1S/C9H16O6/c1-8-3-9(13,4-14-8)7(12)6(15-8)5(11)2-10/h5-7,10-13H,2-4H2,1H3/t5?,6-,7+,8-,9+/m1/s1. The molecule has 2 fully saturated rings. The molecule has 2 bridgehead atoms. The summed E-state index contributed by atoms with van der Waals surface area (Å²) in [5.74, 6) is -0.991. The third kappa shape index (κ3) is 1.67. The number of aliphatic hydroxyl groups excluding tert-OH is 3. The Morgan fingerprint density at radius 1 is 1.53 bits per heavy atom. The van der Waals surface area contributed by atoms with Crippen LogP contribution >= 0.6 is 0 Å². The fourth-order valence-corrected chi connectivity index (χ4v) is 2.25. The summed E-state index contributed by atoms with van der Waals surface area (Å²) in [6.45, 7) is 1.07. The van der Waals surface area contributed by atoms with E-state index in [0.29, 0.717) is 0 Å². The summed E-state index contributed by atoms with van der Waals surface area (Å²) < 4.78 is 10.6. The normalized spacial score (nSPS) is 51.8. The molecule has 4 N–H and O–H groups in total. The maximum atomic E-state index is 10.0. The van der Waals surface area contributed by atoms with Gasteiger partial charge in [-0.2, -0.15) is 0 Å². The predicted octanol–water partition coefficient (Wildman–Crippen LogP) is -2.03. The van der Waals surface area contributed by atoms with Gasteiger partial charge >= 0.3 is 0 Å². The summed E-state index contributed by atoms with van der Waals surface area (Å²) in [4.78, 5) is 0. The Morgan fingerprint density at radius 3 is 2.80 bits per heavy atom. The lowest BCUT2D eigenvalue weighted by molar-refractivity contribution is -0.283. The van der Waals surface area contributed by atoms with Crippen molar-refractivity contribution in [2.24, 2.45) is 0 Å². The van der Waals surface area contributed by atoms with Crippen LogP contribution in [0.3, 0.4) is 0 Å². The first kappa shape index (κ1) is 11.3. The predicted molar refractivity (Wildman–Crippen MR) is 47.9 cm³/mol. The van der Waals surface area contributed by atoms with Crippen molar-refractivity contribution in [1.29, 1.82) is 0 Å². The van der Waals surface area contributed by atoms with Gasteiger partial charge in [-0.15, -0.1) is 0 Å². The van der Waals surface area contributed by atoms with Crippen molar-refractivity contribution < 1.29 is 29.9 Å². The molecule has 15 heavy (non-hydrogen) atoms. The van der Waals surface area contributed by atoms with Crippen LogP contribution in [0.25, 0.3) is 0 Å². The molecule has 6 nitrogen and oxygen atoms in total. The van der Waals surface area contributed by atoms with Gasteiger partial charge in [-0.3, -0.25) is 0 Å². The highest BCUT2D eigenvalue weighted by atomic mass is 16.7. The number of rotatable bonds is 2. The van der Waals surface area contributed by atoms with E-state index in [1.165, 1.54) is 0 Å². The van der Waals surface area contributed by atoms with Crippen LogP contribution in [0.15, 0.2) is 0 Å². The van der Waals surface area contributed by atoms with E-state index in [1.54, 1.807) is 6.92 Å². The zero-order valence-electron chi connectivity index (χ0n) is 8.46. The molecule has 5 atom stereocenters. The van der Waals surface area contributed by atoms with Gasteiger partial charge in [0.05, 0.1) is 13.2 Å². The molecule has 2 saturated heterocycles. The second-order valence-corrected chi connectivity index (χ2v) is 4.48. The number of ether oxygens (including phenoxy) is 2. The summed E-state index contributed by atoms with van der Waals surface area (Å²) in [6, 6.07) is 0. The lowest BCUT2D eigenvalue weighted by atomic mass is 9.84. The number of fused-ring (bicyclic) bond motifs is 2. The van der Waals surface area contributed by atoms with E-state index in [4.69, 9.17) is 14.6 Å². The first-order valence-corrected chi connectivity index (χ1v) is 4.91. The zero-order chi connectivity index (χ0) is 11.3. The summed E-state index contributed by atoms with van der Waals surface area (Å²) in [5.41, 5.74) is -1.40. The summed E-state index contributed by atoms with van der Waals surface area (Å²) in [6.07, 6.45) is -3.35. The Morgan fingerprint density at radius 2 is 2.20 bits per heavy atom. The van der Waals surface area contributed by atoms with Crippen LogP contribution in [0, 0.1) is 0 Å². The van der Waals surface area contributed by atoms with E-state index < -0.39 is 36.3 Å². The number of hydrogen-bond donors (Lipinski definition) is 4. The average Bonchev–Trinajstić information content (AvgIpc) is 2.46. The fourth-order valence-electron chi connectivity index (χ4n) is 2.25. The Hall–Kier alpha value is -0.240. The molecule has 0 saturated carbocycles. The molecule has 6 heteroatoms. The molecular weight excluding hydrogens is 204 g/mol. The van der Waals surface area contributed by atoms with Crippen LogP contribution in [0.2, 0.25) is 0 Å². The SMILES string of the molecule is C[C@@]12C[C@](O)(CO1)[C@@H](O)[C@@H](C(O)CO)O2. The monoisotopic (exact) mass is 220 g/mol. The number of hydrogen-bond acceptors (Lipinski definition) is 6. The van der Waals surface area contributed by atoms with Crippen molar-refractivity contribution in [3.63, 3.8) is 0 Å². The topological polar surface area (TPSA) is 99.4 Å². The van der Waals surface area contributed by atoms with Crippen LogP contribution in [-0.4, -0.2) is 63.3 Å². The van der Waals surface area contributed by atoms with Gasteiger partial charge in [-0.25, -0.2) is 0 Å². The van der Waals surface area contributed by atoms with E-state index in [9.17, 15) is 15.3 Å². The molecule has 0 aromatic carbocycles. The second kappa shape index (κ2) is 3.38. The van der Waals surface area contributed by atoms with E-state index in [-0.39, 0.29) is 13.0 Å². The minimum atomic E-state index is -1.40. The van der Waals surface area contributed by atoms with Gasteiger partial charge in [0, 0.05) is 6.42 Å². The van der Waals surface area contributed by atoms with E-state index in [2.05, 4.69) is 0 Å². The van der Waals surface area contributed by atoms with Gasteiger partial charge in [0.2, 0.25) is 0 Å². The van der Waals surface area contributed by atoms with Crippen molar-refractivity contribution in [2.75, 3.05) is 13.2 Å². The molecule has 2 heterocycles. The molecule has 0 radical (unpaired) electrons. The molecule has 0 amide bonds. The van der Waals surface area contributed by atoms with Gasteiger partial charge in [-0.1, -0.05) is 0 Å². The third-order valence-corrected chi connectivity index (χ3v) is 3.07. The third-order valence-electron chi connectivity index (χ3n) is 3.07. The van der Waals surface area contributed by atoms with Gasteiger partial charge in [0.15, 0.2) is 5.79 Å². The Kier molecular flexibility index (Phi) is 2.53. The Labute approximate surface area is 87.1 Å². The van der Waals surface area contributed by atoms with Crippen LogP contribution in [0.5, 0.6) is 0 Å². The highest BCUT2D eigenvalue weighted by Gasteiger charge is 2.60. The van der Waals surface area contributed by atoms with E-state index in [0.717, 1.165) is 0 Å². The van der Waals surface area contributed by atoms with Crippen LogP contribution in [0.1, 0.15) is 13.3 Å². The maximum absolute atomic E-state index is 10.0. The Bertz CT molecular complexity index is 259. The minimum absolute atomic E-state index is 0.0285. The van der Waals surface area contributed by atoms with Crippen molar-refractivity contribution in [3.8, 4) is 0 Å². The highest BCUT2D eigenvalue weighted by molar-refractivity contribution is 5.05. The van der Waals surface area contributed by atoms with Gasteiger partial charge in [0.1, 0.15) is 23.9 Å². The fraction of sp³-hybridized carbons (Fsp3) is 1.00. The molecule has 2 aliphatic rings. The smallest absolute Gasteiger partial charge is 0.169 e. The minimum Gasteiger partial charge on any atom is -0.394 e. The molecule has 2 aliphatic heterocycles. The van der Waals surface area contributed by atoms with Gasteiger partial charge in [-0.05, 0) is 6.92 Å². The van der Waals surface area contributed by atoms with Crippen molar-refractivity contribution >= 4 is 0 Å². The highest BCUT2D eigenvalue weighted by Crippen LogP contribution is 2.43. The summed E-state index contributed by atoms with van der Waals surface area (Å²) in [5, 5.41) is 38.1. The molecule has 2 rings (SSSR count). The lowest BCUT2D eigenvalue weighted by Gasteiger charge is -2.42. The summed E-state index contributed by atoms with van der Waals surface area (Å²) in [7, 11) is 0. The molecule has 0 aliphatic carbocycles. The van der Waals surface area contributed by atoms with Crippen LogP contribution < -0.4 is 0 Å². The van der Waals surface area contributed by atoms with Gasteiger partial charge in [0.25, 0.3) is 0 Å². The summed E-state index contributed by atoms with van der Waals surface area (Å²) >= 11 is 0. The van der Waals surface area contributed by atoms with Crippen molar-refractivity contribution in [1.82, 2.24) is 0 Å². The quantitative estimate of drug-likeness (QED) is 0.428. The first-order chi connectivity index (χ1) is 6.90. The Balaban J connectivity index is 2.22. The van der Waals surface area contributed by atoms with Crippen molar-refractivity contribution in [2.45, 2.75) is 43.0 Å². The molecule has 1 unspecified atom stereocenters. The zero-order valence-corrected chi connectivity index (χ0v) is 8.46. The maximum Gasteiger partial charge on any atom is 0.169 e. The number of aliphatic hydroxyl groups is 4. The molecule has 0 aromatic heterocycles. The van der Waals surface area contributed by atoms with E-state index in [1.807, 2.05) is 0 Å². The molecule has 0 aromatic rings. The first-order valence-electron chi connectivity index (χ1n) is 4.91. The van der Waals surface area contributed by atoms with Crippen LogP contribution in [-0.2, 0) is 9.47 Å². The van der Waals surface area contributed by atoms with Gasteiger partial charge < -0.3 is 29.9 Å². The average molecular weight is 220 g/mol. The second-order valence-electron chi connectivity index (χ2n) is 4.48. The molecule has 0 spiro atoms. The lowest BCUT2D eigenvalue weighted by Crippen LogP contribution is -2.60. The van der Waals surface area contributed by atoms with Crippen molar-refractivity contribution in [3.05, 3.63) is 0 Å². The van der Waals surface area contributed by atoms with E-state index >= 15 is 0 Å². The largest absolute Gasteiger partial charge is 0.394 e. The molecular formula is C9H16O6. The van der Waals surface area contributed by atoms with Crippen LogP contribution in [0.4, 0.5) is 0 Å². The molecule has 88 valence electrons.